The molecule has 0 spiro atoms. The minimum atomic E-state index is -1.03. The molecule has 1 heterocycles. The Labute approximate surface area is 168 Å². The highest BCUT2D eigenvalue weighted by Gasteiger charge is 2.21. The first-order valence-corrected chi connectivity index (χ1v) is 9.07. The highest BCUT2D eigenvalue weighted by molar-refractivity contribution is 5.83. The summed E-state index contributed by atoms with van der Waals surface area (Å²) in [6, 6.07) is 14.7. The smallest absolute Gasteiger partial charge is 0.344 e. The molecular weight excluding hydrogens is 370 g/mol. The van der Waals surface area contributed by atoms with Gasteiger partial charge in [-0.05, 0) is 50.1 Å². The summed E-state index contributed by atoms with van der Waals surface area (Å²) in [4.78, 5) is 19.4. The number of imidazole rings is 1. The van der Waals surface area contributed by atoms with Gasteiger partial charge in [0, 0.05) is 0 Å². The molecule has 0 bridgehead atoms. The molecule has 0 aliphatic carbocycles. The first-order chi connectivity index (χ1) is 13.9. The Morgan fingerprint density at radius 3 is 2.72 bits per heavy atom. The van der Waals surface area contributed by atoms with Crippen LogP contribution in [0.2, 0.25) is 0 Å². The van der Waals surface area contributed by atoms with Crippen LogP contribution >= 0.6 is 0 Å². The van der Waals surface area contributed by atoms with Gasteiger partial charge in [0.2, 0.25) is 0 Å². The Morgan fingerprint density at radius 2 is 2.00 bits per heavy atom. The number of nitrogens with one attached hydrogen (secondary N) is 1. The lowest BCUT2D eigenvalue weighted by atomic mass is 10.1. The second-order valence-electron chi connectivity index (χ2n) is 6.59. The van der Waals surface area contributed by atoms with Crippen molar-refractivity contribution in [1.29, 1.82) is 5.26 Å². The Kier molecular flexibility index (Phi) is 5.84. The van der Waals surface area contributed by atoms with Gasteiger partial charge in [0.15, 0.2) is 24.3 Å². The maximum absolute atomic E-state index is 12.1. The van der Waals surface area contributed by atoms with Crippen molar-refractivity contribution >= 4 is 22.6 Å². The van der Waals surface area contributed by atoms with E-state index in [1.165, 1.54) is 6.92 Å². The second kappa shape index (κ2) is 8.48. The quantitative estimate of drug-likeness (QED) is 0.374. The summed E-state index contributed by atoms with van der Waals surface area (Å²) in [5.74, 6) is -0.242. The van der Waals surface area contributed by atoms with Gasteiger partial charge in [-0.1, -0.05) is 24.3 Å². The van der Waals surface area contributed by atoms with E-state index in [4.69, 9.17) is 9.47 Å². The number of nitriles is 1. The molecule has 7 nitrogen and oxygen atoms in total. The monoisotopic (exact) mass is 391 g/mol. The third kappa shape index (κ3) is 4.38. The third-order valence-corrected chi connectivity index (χ3v) is 4.59. The van der Waals surface area contributed by atoms with Gasteiger partial charge in [0.05, 0.1) is 11.0 Å². The molecular formula is C22H21N3O4. The van der Waals surface area contributed by atoms with Crippen molar-refractivity contribution in [1.82, 2.24) is 9.97 Å². The fraction of sp³-hybridized carbons (Fsp3) is 0.227. The van der Waals surface area contributed by atoms with Gasteiger partial charge in [-0.25, -0.2) is 9.78 Å². The number of carbonyl (C=O) groups excluding carboxylic acids is 1. The molecule has 0 amide bonds. The number of H-pyrrole nitrogens is 1. The lowest BCUT2D eigenvalue weighted by Gasteiger charge is -2.15. The minimum absolute atomic E-state index is 0.0862. The summed E-state index contributed by atoms with van der Waals surface area (Å²) in [6.45, 7) is 5.02. The third-order valence-electron chi connectivity index (χ3n) is 4.59. The Morgan fingerprint density at radius 1 is 1.24 bits per heavy atom. The number of esters is 1. The zero-order valence-electron chi connectivity index (χ0n) is 16.4. The number of ether oxygens (including phenoxy) is 2. The average molecular weight is 391 g/mol. The number of hydrogen-bond acceptors (Lipinski definition) is 6. The molecule has 0 unspecified atom stereocenters. The molecule has 1 atom stereocenters. The molecule has 148 valence electrons. The van der Waals surface area contributed by atoms with Crippen LogP contribution in [0.25, 0.3) is 16.6 Å². The van der Waals surface area contributed by atoms with Gasteiger partial charge in [-0.3, -0.25) is 0 Å². The lowest BCUT2D eigenvalue weighted by Crippen LogP contribution is -2.23. The molecule has 2 N–H and O–H groups in total. The van der Waals surface area contributed by atoms with Crippen LogP contribution < -0.4 is 4.74 Å². The standard InChI is InChI=1S/C22H21N3O4/c1-13-7-6-10-19(14(13)2)28-12-20(26)29-15(3)21(27)16(11-23)22-24-17-8-4-5-9-18(17)25-22/h4-10,15,27H,12H2,1-3H3,(H,24,25)/b21-16-/t15-/m1/s1. The zero-order valence-corrected chi connectivity index (χ0v) is 16.4. The molecule has 1 aromatic heterocycles. The number of fused-ring (bicyclic) bond motifs is 1. The number of hydrogen-bond donors (Lipinski definition) is 2. The number of para-hydroxylation sites is 2. The topological polar surface area (TPSA) is 108 Å². The molecule has 29 heavy (non-hydrogen) atoms. The Balaban J connectivity index is 1.70. The number of carbonyl (C=O) groups is 1. The summed E-state index contributed by atoms with van der Waals surface area (Å²) in [5.41, 5.74) is 3.29. The van der Waals surface area contributed by atoms with E-state index in [-0.39, 0.29) is 23.8 Å². The van der Waals surface area contributed by atoms with Gasteiger partial charge in [-0.2, -0.15) is 5.26 Å². The van der Waals surface area contributed by atoms with Crippen molar-refractivity contribution in [3.05, 3.63) is 65.2 Å². The van der Waals surface area contributed by atoms with Gasteiger partial charge >= 0.3 is 5.97 Å². The number of allylic oxidation sites excluding steroid dienone is 1. The molecule has 0 saturated heterocycles. The number of benzene rings is 2. The van der Waals surface area contributed by atoms with Crippen molar-refractivity contribution in [3.8, 4) is 11.8 Å². The first-order valence-electron chi connectivity index (χ1n) is 9.07. The molecule has 3 aromatic rings. The van der Waals surface area contributed by atoms with Gasteiger partial charge < -0.3 is 19.6 Å². The van der Waals surface area contributed by atoms with Gasteiger partial charge in [-0.15, -0.1) is 0 Å². The maximum Gasteiger partial charge on any atom is 0.344 e. The van der Waals surface area contributed by atoms with Crippen LogP contribution in [0.4, 0.5) is 0 Å². The zero-order chi connectivity index (χ0) is 21.0. The Bertz CT molecular complexity index is 1090. The Hall–Kier alpha value is -3.79. The molecule has 0 aliphatic heterocycles. The summed E-state index contributed by atoms with van der Waals surface area (Å²) in [5, 5.41) is 19.9. The molecule has 7 heteroatoms. The van der Waals surface area contributed by atoms with Crippen LogP contribution in [-0.2, 0) is 9.53 Å². The van der Waals surface area contributed by atoms with Crippen LogP contribution in [0.1, 0.15) is 23.9 Å². The summed E-state index contributed by atoms with van der Waals surface area (Å²) < 4.78 is 10.7. The van der Waals surface area contributed by atoms with Crippen molar-refractivity contribution in [2.45, 2.75) is 26.9 Å². The average Bonchev–Trinajstić information content (AvgIpc) is 3.13. The molecule has 0 fully saturated rings. The van der Waals surface area contributed by atoms with E-state index in [9.17, 15) is 15.2 Å². The number of aliphatic hydroxyl groups excluding tert-OH is 1. The number of aliphatic hydroxyl groups is 1. The molecule has 2 aromatic carbocycles. The maximum atomic E-state index is 12.1. The predicted octanol–water partition coefficient (Wildman–Crippen LogP) is 3.98. The number of rotatable bonds is 6. The fourth-order valence-corrected chi connectivity index (χ4v) is 2.81. The van der Waals surface area contributed by atoms with E-state index in [1.54, 1.807) is 12.1 Å². The molecule has 0 radical (unpaired) electrons. The number of aromatic amines is 1. The van der Waals surface area contributed by atoms with Crippen LogP contribution in [0.15, 0.2) is 48.2 Å². The van der Waals surface area contributed by atoms with Crippen LogP contribution in [-0.4, -0.2) is 33.8 Å². The van der Waals surface area contributed by atoms with Crippen LogP contribution in [0.3, 0.4) is 0 Å². The van der Waals surface area contributed by atoms with Gasteiger partial charge in [0.1, 0.15) is 17.4 Å². The number of aromatic nitrogens is 2. The van der Waals surface area contributed by atoms with E-state index in [2.05, 4.69) is 9.97 Å². The minimum Gasteiger partial charge on any atom is -0.507 e. The van der Waals surface area contributed by atoms with Gasteiger partial charge in [0.25, 0.3) is 0 Å². The summed E-state index contributed by atoms with van der Waals surface area (Å²) >= 11 is 0. The lowest BCUT2D eigenvalue weighted by molar-refractivity contribution is -0.150. The van der Waals surface area contributed by atoms with E-state index in [0.717, 1.165) is 16.6 Å². The highest BCUT2D eigenvalue weighted by atomic mass is 16.6. The summed E-state index contributed by atoms with van der Waals surface area (Å²) in [6.07, 6.45) is -1.03. The number of aryl methyl sites for hydroxylation is 1. The highest BCUT2D eigenvalue weighted by Crippen LogP contribution is 2.22. The van der Waals surface area contributed by atoms with Crippen molar-refractivity contribution in [2.24, 2.45) is 0 Å². The fourth-order valence-electron chi connectivity index (χ4n) is 2.81. The van der Waals surface area contributed by atoms with Crippen molar-refractivity contribution in [3.63, 3.8) is 0 Å². The number of nitrogens with zero attached hydrogens (tertiary/aromatic N) is 2. The van der Waals surface area contributed by atoms with E-state index in [1.807, 2.05) is 50.2 Å². The normalized spacial score (nSPS) is 12.8. The van der Waals surface area contributed by atoms with E-state index >= 15 is 0 Å². The van der Waals surface area contributed by atoms with Crippen molar-refractivity contribution < 1.29 is 19.4 Å². The van der Waals surface area contributed by atoms with E-state index < -0.39 is 12.1 Å². The molecule has 0 aliphatic rings. The predicted molar refractivity (Wildman–Crippen MR) is 108 cm³/mol. The van der Waals surface area contributed by atoms with Crippen LogP contribution in [0, 0.1) is 25.2 Å². The molecule has 0 saturated carbocycles. The van der Waals surface area contributed by atoms with Crippen LogP contribution in [0.5, 0.6) is 5.75 Å². The van der Waals surface area contributed by atoms with Crippen molar-refractivity contribution in [2.75, 3.05) is 6.61 Å². The van der Waals surface area contributed by atoms with E-state index in [0.29, 0.717) is 11.3 Å². The second-order valence-corrected chi connectivity index (χ2v) is 6.59. The first kappa shape index (κ1) is 20.0. The largest absolute Gasteiger partial charge is 0.507 e. The SMILES string of the molecule is Cc1cccc(OCC(=O)O[C@H](C)/C(O)=C(\C#N)c2nc3ccccc3[nH]2)c1C. The summed E-state index contributed by atoms with van der Waals surface area (Å²) in [7, 11) is 0. The molecule has 3 rings (SSSR count).